The van der Waals surface area contributed by atoms with Gasteiger partial charge in [0.1, 0.15) is 30.1 Å². The molecule has 372 valence electrons. The third-order valence-corrected chi connectivity index (χ3v) is 14.8. The van der Waals surface area contributed by atoms with Gasteiger partial charge in [0, 0.05) is 65.6 Å². The Hall–Kier alpha value is -3.37. The van der Waals surface area contributed by atoms with Crippen LogP contribution in [0.5, 0.6) is 0 Å². The molecule has 3 aliphatic heterocycles. The number of allylic oxidation sites excluding steroid dienone is 6. The molecule has 1 saturated carbocycles. The zero-order valence-corrected chi connectivity index (χ0v) is 41.6. The van der Waals surface area contributed by atoms with Crippen molar-refractivity contribution in [3.8, 4) is 0 Å². The number of cyclic esters (lactones) is 1. The van der Waals surface area contributed by atoms with Crippen LogP contribution in [0.1, 0.15) is 126 Å². The molecule has 0 aromatic heterocycles. The van der Waals surface area contributed by atoms with Gasteiger partial charge in [-0.15, -0.1) is 0 Å². The third kappa shape index (κ3) is 14.3. The number of aliphatic hydroxyl groups is 2. The van der Waals surface area contributed by atoms with Gasteiger partial charge in [0.2, 0.25) is 5.79 Å². The van der Waals surface area contributed by atoms with Gasteiger partial charge in [-0.05, 0) is 107 Å². The highest BCUT2D eigenvalue weighted by Gasteiger charge is 2.53. The lowest BCUT2D eigenvalue weighted by Crippen LogP contribution is -2.61. The van der Waals surface area contributed by atoms with Crippen LogP contribution in [0.4, 0.5) is 0 Å². The van der Waals surface area contributed by atoms with Gasteiger partial charge in [-0.25, -0.2) is 4.79 Å². The first kappa shape index (κ1) is 55.2. The van der Waals surface area contributed by atoms with Gasteiger partial charge >= 0.3 is 5.97 Å². The molecule has 0 aromatic carbocycles. The second kappa shape index (κ2) is 25.8. The zero-order valence-electron chi connectivity index (χ0n) is 41.6. The Morgan fingerprint density at radius 1 is 0.818 bits per heavy atom. The van der Waals surface area contributed by atoms with E-state index in [2.05, 4.69) is 0 Å². The summed E-state index contributed by atoms with van der Waals surface area (Å²) < 4.78 is 35.3. The summed E-state index contributed by atoms with van der Waals surface area (Å²) in [5, 5.41) is 23.4. The van der Waals surface area contributed by atoms with Crippen molar-refractivity contribution in [1.29, 1.82) is 0 Å². The maximum Gasteiger partial charge on any atom is 0.329 e. The molecule has 1 aliphatic carbocycles. The lowest BCUT2D eigenvalue weighted by molar-refractivity contribution is -0.265. The van der Waals surface area contributed by atoms with Gasteiger partial charge in [0.15, 0.2) is 5.78 Å². The van der Waals surface area contributed by atoms with E-state index < -0.39 is 77.8 Å². The van der Waals surface area contributed by atoms with Crippen LogP contribution in [0.25, 0.3) is 0 Å². The Kier molecular flexibility index (Phi) is 21.6. The van der Waals surface area contributed by atoms with Gasteiger partial charge in [-0.3, -0.25) is 19.2 Å². The van der Waals surface area contributed by atoms with Gasteiger partial charge in [-0.2, -0.15) is 0 Å². The fourth-order valence-electron chi connectivity index (χ4n) is 10.4. The highest BCUT2D eigenvalue weighted by molar-refractivity contribution is 6.39. The number of methoxy groups -OCH3 is 4. The molecular weight excluding hydrogens is 847 g/mol. The quantitative estimate of drug-likeness (QED) is 0.154. The van der Waals surface area contributed by atoms with Gasteiger partial charge in [-0.1, -0.05) is 71.1 Å². The van der Waals surface area contributed by atoms with Crippen LogP contribution in [0.15, 0.2) is 47.6 Å². The van der Waals surface area contributed by atoms with Crippen molar-refractivity contribution in [3.05, 3.63) is 47.6 Å². The van der Waals surface area contributed by atoms with Crippen LogP contribution in [0, 0.1) is 35.5 Å². The Balaban J connectivity index is 1.70. The van der Waals surface area contributed by atoms with Crippen LogP contribution >= 0.6 is 0 Å². The monoisotopic (exact) mass is 928 g/mol. The second-order valence-electron chi connectivity index (χ2n) is 19.8. The number of ether oxygens (including phenoxy) is 6. The number of carbonyl (C=O) groups excluding carboxylic acids is 5. The summed E-state index contributed by atoms with van der Waals surface area (Å²) in [7, 11) is 6.31. The Morgan fingerprint density at radius 2 is 1.53 bits per heavy atom. The van der Waals surface area contributed by atoms with Crippen molar-refractivity contribution in [1.82, 2.24) is 4.90 Å². The van der Waals surface area contributed by atoms with E-state index in [1.165, 1.54) is 12.0 Å². The van der Waals surface area contributed by atoms with Crippen molar-refractivity contribution in [2.75, 3.05) is 35.0 Å². The van der Waals surface area contributed by atoms with Crippen molar-refractivity contribution >= 4 is 29.2 Å². The number of nitrogens with zero attached hydrogens (tertiary/aromatic N) is 1. The summed E-state index contributed by atoms with van der Waals surface area (Å²) in [5.74, 6) is -7.72. The number of esters is 1. The lowest BCUT2D eigenvalue weighted by Gasteiger charge is -2.42. The molecule has 14 nitrogen and oxygen atoms in total. The van der Waals surface area contributed by atoms with E-state index in [1.54, 1.807) is 48.2 Å². The standard InChI is InChI=1S/C52H81NO13/c1-31-17-13-12-14-18-32(2)43(62-9)29-39-22-20-37(7)52(60,66-39)49(57)50(58)53-24-16-15-19-40(53)51(59)65-44(34(4)27-38-21-23-42(61-8)45(28-38)63-10)30-41(54)33(3)26-36(6)47(56)48(64-11)46(55)35(5)25-31/h12-14,17-18,26,31,33-35,37-40,42-45,47-48,56,60H,15-16,19-25,27-30H2,1-11H3/b14-12?,17-13+,32-18?,36-26+/t31-,33-,34-,35-,37-,38+,39+,40+,42-,43+,44+,45-,47-,48+,52-/m1/s1. The van der Waals surface area contributed by atoms with E-state index in [0.717, 1.165) is 24.8 Å². The first-order chi connectivity index (χ1) is 31.3. The number of amides is 1. The van der Waals surface area contributed by atoms with Crippen molar-refractivity contribution < 1.29 is 62.6 Å². The molecule has 2 bridgehead atoms. The maximum atomic E-state index is 14.4. The molecule has 66 heavy (non-hydrogen) atoms. The number of hydrogen-bond donors (Lipinski definition) is 2. The molecule has 4 rings (SSSR count). The van der Waals surface area contributed by atoms with Gasteiger partial charge in [0.05, 0.1) is 24.4 Å². The van der Waals surface area contributed by atoms with Crippen molar-refractivity contribution in [2.45, 2.75) is 180 Å². The zero-order chi connectivity index (χ0) is 48.9. The largest absolute Gasteiger partial charge is 0.460 e. The number of carbonyl (C=O) groups is 5. The summed E-state index contributed by atoms with van der Waals surface area (Å²) in [6, 6.07) is -1.12. The fraction of sp³-hybridized carbons (Fsp3) is 0.750. The van der Waals surface area contributed by atoms with Gasteiger partial charge in [0.25, 0.3) is 11.7 Å². The number of ketones is 3. The number of fused-ring (bicyclic) bond motifs is 3. The first-order valence-electron chi connectivity index (χ1n) is 24.3. The highest BCUT2D eigenvalue weighted by Crippen LogP contribution is 2.38. The molecule has 15 atom stereocenters. The van der Waals surface area contributed by atoms with E-state index in [4.69, 9.17) is 28.4 Å². The maximum absolute atomic E-state index is 14.4. The van der Waals surface area contributed by atoms with Crippen LogP contribution < -0.4 is 0 Å². The minimum absolute atomic E-state index is 0.0246. The topological polar surface area (TPSA) is 184 Å². The molecule has 0 unspecified atom stereocenters. The lowest BCUT2D eigenvalue weighted by atomic mass is 9.78. The van der Waals surface area contributed by atoms with E-state index in [0.29, 0.717) is 50.5 Å². The van der Waals surface area contributed by atoms with E-state index in [9.17, 15) is 34.2 Å². The Morgan fingerprint density at radius 3 is 2.20 bits per heavy atom. The Bertz CT molecular complexity index is 1770. The average Bonchev–Trinajstić information content (AvgIpc) is 3.30. The first-order valence-corrected chi connectivity index (χ1v) is 24.3. The predicted molar refractivity (Wildman–Crippen MR) is 250 cm³/mol. The second-order valence-corrected chi connectivity index (χ2v) is 19.8. The fourth-order valence-corrected chi connectivity index (χ4v) is 10.4. The normalized spacial score (nSPS) is 38.7. The molecule has 3 fully saturated rings. The van der Waals surface area contributed by atoms with Gasteiger partial charge < -0.3 is 43.5 Å². The van der Waals surface area contributed by atoms with Crippen LogP contribution in [0.2, 0.25) is 0 Å². The minimum atomic E-state index is -2.42. The molecule has 4 aliphatic rings. The summed E-state index contributed by atoms with van der Waals surface area (Å²) in [4.78, 5) is 72.0. The molecule has 0 spiro atoms. The van der Waals surface area contributed by atoms with E-state index in [1.807, 2.05) is 58.1 Å². The van der Waals surface area contributed by atoms with E-state index >= 15 is 0 Å². The predicted octanol–water partition coefficient (Wildman–Crippen LogP) is 6.83. The third-order valence-electron chi connectivity index (χ3n) is 14.8. The van der Waals surface area contributed by atoms with Crippen LogP contribution in [-0.2, 0) is 52.4 Å². The van der Waals surface area contributed by atoms with Crippen molar-refractivity contribution in [2.24, 2.45) is 35.5 Å². The Labute approximate surface area is 393 Å². The molecular formula is C52H81NO13. The summed E-state index contributed by atoms with van der Waals surface area (Å²) in [5.41, 5.74) is 1.29. The van der Waals surface area contributed by atoms with Crippen LogP contribution in [0.3, 0.4) is 0 Å². The molecule has 2 saturated heterocycles. The minimum Gasteiger partial charge on any atom is -0.460 e. The molecule has 0 aromatic rings. The van der Waals surface area contributed by atoms with Crippen LogP contribution in [-0.4, -0.2) is 134 Å². The number of piperidine rings is 1. The average molecular weight is 928 g/mol. The molecule has 1 amide bonds. The summed E-state index contributed by atoms with van der Waals surface area (Å²) in [6.45, 7) is 12.8. The molecule has 0 radical (unpaired) electrons. The number of hydrogen-bond acceptors (Lipinski definition) is 13. The number of aliphatic hydroxyl groups excluding tert-OH is 1. The molecule has 3 heterocycles. The van der Waals surface area contributed by atoms with E-state index in [-0.39, 0.29) is 60.9 Å². The highest BCUT2D eigenvalue weighted by atomic mass is 16.6. The SMILES string of the molecule is CO[C@H]1C[C@@H]2CC[C@@H](C)[C@@](O)(O2)C(=O)C(=O)N2CCCC[C@H]2C(=O)O[C@H]([C@H](C)C[C@@H]2CC[C@@H](OC)[C@H](OC)C2)CC(=O)[C@H](C)/C=C(\C)[C@@H](O)[C@@H](OC)C(=O)[C@H](C)C[C@H](C)/C=C/C=CC=C1C. The van der Waals surface area contributed by atoms with Crippen molar-refractivity contribution in [3.63, 3.8) is 0 Å². The summed E-state index contributed by atoms with van der Waals surface area (Å²) in [6.07, 6.45) is 12.7. The smallest absolute Gasteiger partial charge is 0.329 e. The molecule has 14 heteroatoms. The molecule has 2 N–H and O–H groups in total. The number of Topliss-reactive ketones (excluding diaryl/α,β-unsaturated/α-hetero) is 3. The summed E-state index contributed by atoms with van der Waals surface area (Å²) >= 11 is 0. The number of rotatable bonds is 7.